The zero-order chi connectivity index (χ0) is 16.8. The van der Waals surface area contributed by atoms with E-state index in [0.29, 0.717) is 35.3 Å². The number of carbonyl (C=O) groups excluding carboxylic acids is 2. The molecule has 1 heterocycles. The maximum atomic E-state index is 12.2. The third-order valence-electron chi connectivity index (χ3n) is 4.01. The van der Waals surface area contributed by atoms with Crippen LogP contribution in [0.5, 0.6) is 0 Å². The number of anilines is 1. The lowest BCUT2D eigenvalue weighted by Gasteiger charge is -2.31. The second-order valence-electron chi connectivity index (χ2n) is 5.64. The lowest BCUT2D eigenvalue weighted by Crippen LogP contribution is -2.48. The molecule has 1 saturated heterocycles. The molecule has 0 bridgehead atoms. The first kappa shape index (κ1) is 17.7. The normalized spacial score (nSPS) is 15.6. The molecule has 1 fully saturated rings. The minimum absolute atomic E-state index is 0.0372. The molecule has 1 aromatic rings. The molecule has 7 heteroatoms. The molecule has 0 saturated carbocycles. The van der Waals surface area contributed by atoms with E-state index in [-0.39, 0.29) is 17.7 Å². The summed E-state index contributed by atoms with van der Waals surface area (Å²) in [5, 5.41) is 9.01. The fourth-order valence-electron chi connectivity index (χ4n) is 2.27. The van der Waals surface area contributed by atoms with Gasteiger partial charge < -0.3 is 20.7 Å². The molecule has 0 aliphatic carbocycles. The molecule has 1 aliphatic heterocycles. The van der Waals surface area contributed by atoms with Crippen LogP contribution in [0.2, 0.25) is 5.02 Å². The van der Waals surface area contributed by atoms with Crippen LogP contribution < -0.4 is 16.0 Å². The van der Waals surface area contributed by atoms with Gasteiger partial charge in [0.15, 0.2) is 0 Å². The average Bonchev–Trinajstić information content (AvgIpc) is 2.45. The maximum Gasteiger partial charge on any atom is 0.252 e. The Labute approximate surface area is 140 Å². The molecular weight excluding hydrogens is 318 g/mol. The first-order valence-corrected chi connectivity index (χ1v) is 7.99. The second-order valence-corrected chi connectivity index (χ2v) is 6.05. The molecule has 2 amide bonds. The van der Waals surface area contributed by atoms with Crippen LogP contribution in [-0.4, -0.2) is 45.2 Å². The Hall–Kier alpha value is -1.63. The van der Waals surface area contributed by atoms with Gasteiger partial charge in [0, 0.05) is 25.3 Å². The zero-order valence-corrected chi connectivity index (χ0v) is 14.1. The number of hydrogen-bond acceptors (Lipinski definition) is 4. The molecule has 1 aromatic carbocycles. The van der Waals surface area contributed by atoms with Crippen molar-refractivity contribution in [3.05, 3.63) is 28.8 Å². The maximum absolute atomic E-state index is 12.2. The third kappa shape index (κ3) is 4.67. The van der Waals surface area contributed by atoms with E-state index in [1.807, 2.05) is 6.92 Å². The van der Waals surface area contributed by atoms with Gasteiger partial charge in [-0.25, -0.2) is 0 Å². The van der Waals surface area contributed by atoms with Crippen LogP contribution in [0.15, 0.2) is 18.2 Å². The number of benzene rings is 1. The van der Waals surface area contributed by atoms with E-state index in [1.165, 1.54) is 0 Å². The Bertz CT molecular complexity index is 576. The number of methoxy groups -OCH3 is 1. The molecule has 0 spiro atoms. The van der Waals surface area contributed by atoms with Crippen molar-refractivity contribution in [3.63, 3.8) is 0 Å². The van der Waals surface area contributed by atoms with Crippen LogP contribution >= 0.6 is 11.6 Å². The third-order valence-corrected chi connectivity index (χ3v) is 4.32. The molecule has 126 valence electrons. The molecule has 1 aliphatic rings. The topological polar surface area (TPSA) is 79.5 Å². The highest BCUT2D eigenvalue weighted by Crippen LogP contribution is 2.23. The highest BCUT2D eigenvalue weighted by Gasteiger charge is 2.28. The average molecular weight is 340 g/mol. The second kappa shape index (κ2) is 8.29. The Kier molecular flexibility index (Phi) is 6.38. The van der Waals surface area contributed by atoms with Crippen LogP contribution in [0.25, 0.3) is 0 Å². The minimum atomic E-state index is -0.265. The summed E-state index contributed by atoms with van der Waals surface area (Å²) >= 11 is 6.15. The Morgan fingerprint density at radius 2 is 2.17 bits per heavy atom. The molecule has 0 aromatic heterocycles. The molecule has 1 unspecified atom stereocenters. The number of carbonyl (C=O) groups is 2. The molecular formula is C16H22ClN3O3. The van der Waals surface area contributed by atoms with E-state index in [9.17, 15) is 9.59 Å². The molecule has 23 heavy (non-hydrogen) atoms. The summed E-state index contributed by atoms with van der Waals surface area (Å²) in [6.07, 6.45) is 0. The van der Waals surface area contributed by atoms with Crippen LogP contribution in [0, 0.1) is 11.8 Å². The van der Waals surface area contributed by atoms with Crippen LogP contribution in [-0.2, 0) is 9.53 Å². The predicted octanol–water partition coefficient (Wildman–Crippen LogP) is 1.51. The first-order chi connectivity index (χ1) is 11.0. The summed E-state index contributed by atoms with van der Waals surface area (Å²) < 4.78 is 4.88. The summed E-state index contributed by atoms with van der Waals surface area (Å²) in [5.74, 6) is 0.00653. The molecule has 3 N–H and O–H groups in total. The van der Waals surface area contributed by atoms with E-state index >= 15 is 0 Å². The van der Waals surface area contributed by atoms with Crippen molar-refractivity contribution < 1.29 is 14.3 Å². The number of hydrogen-bond donors (Lipinski definition) is 3. The van der Waals surface area contributed by atoms with Crippen molar-refractivity contribution in [2.45, 2.75) is 6.92 Å². The number of nitrogens with one attached hydrogen (secondary N) is 3. The van der Waals surface area contributed by atoms with Gasteiger partial charge in [0.1, 0.15) is 0 Å². The van der Waals surface area contributed by atoms with Crippen molar-refractivity contribution >= 4 is 29.1 Å². The fourth-order valence-corrected chi connectivity index (χ4v) is 2.54. The van der Waals surface area contributed by atoms with Crippen molar-refractivity contribution in [2.24, 2.45) is 11.8 Å². The quantitative estimate of drug-likeness (QED) is 0.658. The fraction of sp³-hybridized carbons (Fsp3) is 0.500. The largest absolute Gasteiger partial charge is 0.383 e. The van der Waals surface area contributed by atoms with Gasteiger partial charge in [0.05, 0.1) is 17.2 Å². The highest BCUT2D eigenvalue weighted by molar-refractivity contribution is 6.34. The Morgan fingerprint density at radius 1 is 1.43 bits per heavy atom. The van der Waals surface area contributed by atoms with Gasteiger partial charge in [-0.1, -0.05) is 18.5 Å². The summed E-state index contributed by atoms with van der Waals surface area (Å²) in [7, 11) is 1.57. The van der Waals surface area contributed by atoms with Crippen molar-refractivity contribution in [1.82, 2.24) is 10.6 Å². The van der Waals surface area contributed by atoms with Gasteiger partial charge in [-0.05, 0) is 37.2 Å². The lowest BCUT2D eigenvalue weighted by atomic mass is 9.88. The summed E-state index contributed by atoms with van der Waals surface area (Å²) in [6, 6.07) is 4.88. The van der Waals surface area contributed by atoms with Gasteiger partial charge in [-0.2, -0.15) is 0 Å². The smallest absolute Gasteiger partial charge is 0.252 e. The summed E-state index contributed by atoms with van der Waals surface area (Å²) in [5.41, 5.74) is 0.963. The number of halogens is 1. The van der Waals surface area contributed by atoms with Crippen molar-refractivity contribution in [1.29, 1.82) is 0 Å². The monoisotopic (exact) mass is 339 g/mol. The standard InChI is InChI=1S/C16H22ClN3O3/c1-10(11-8-18-9-11)15(21)20-12-3-4-13(14(17)7-12)16(22)19-5-6-23-2/h3-4,7,10-11,18H,5-6,8-9H2,1-2H3,(H,19,22)(H,20,21). The lowest BCUT2D eigenvalue weighted by molar-refractivity contribution is -0.121. The van der Waals surface area contributed by atoms with Crippen LogP contribution in [0.4, 0.5) is 5.69 Å². The molecule has 1 atom stereocenters. The molecule has 2 rings (SSSR count). The number of rotatable bonds is 7. The SMILES string of the molecule is COCCNC(=O)c1ccc(NC(=O)C(C)C2CNC2)cc1Cl. The van der Waals surface area contributed by atoms with E-state index in [1.54, 1.807) is 25.3 Å². The Morgan fingerprint density at radius 3 is 2.74 bits per heavy atom. The van der Waals surface area contributed by atoms with E-state index < -0.39 is 0 Å². The van der Waals surface area contributed by atoms with Gasteiger partial charge in [0.2, 0.25) is 5.91 Å². The van der Waals surface area contributed by atoms with Gasteiger partial charge in [-0.15, -0.1) is 0 Å². The van der Waals surface area contributed by atoms with Gasteiger partial charge in [-0.3, -0.25) is 9.59 Å². The Balaban J connectivity index is 1.95. The van der Waals surface area contributed by atoms with Gasteiger partial charge >= 0.3 is 0 Å². The van der Waals surface area contributed by atoms with E-state index in [2.05, 4.69) is 16.0 Å². The van der Waals surface area contributed by atoms with Crippen LogP contribution in [0.1, 0.15) is 17.3 Å². The highest BCUT2D eigenvalue weighted by atomic mass is 35.5. The minimum Gasteiger partial charge on any atom is -0.383 e. The van der Waals surface area contributed by atoms with Crippen LogP contribution in [0.3, 0.4) is 0 Å². The van der Waals surface area contributed by atoms with Crippen molar-refractivity contribution in [2.75, 3.05) is 38.7 Å². The molecule has 6 nitrogen and oxygen atoms in total. The van der Waals surface area contributed by atoms with Gasteiger partial charge in [0.25, 0.3) is 5.91 Å². The number of ether oxygens (including phenoxy) is 1. The summed E-state index contributed by atoms with van der Waals surface area (Å²) in [4.78, 5) is 24.1. The zero-order valence-electron chi connectivity index (χ0n) is 13.3. The predicted molar refractivity (Wildman–Crippen MR) is 89.8 cm³/mol. The van der Waals surface area contributed by atoms with Crippen molar-refractivity contribution in [3.8, 4) is 0 Å². The van der Waals surface area contributed by atoms with E-state index in [4.69, 9.17) is 16.3 Å². The number of amides is 2. The molecule has 0 radical (unpaired) electrons. The summed E-state index contributed by atoms with van der Waals surface area (Å²) in [6.45, 7) is 4.51. The van der Waals surface area contributed by atoms with E-state index in [0.717, 1.165) is 13.1 Å². The first-order valence-electron chi connectivity index (χ1n) is 7.61.